The molecule has 120 valence electrons. The van der Waals surface area contributed by atoms with Gasteiger partial charge in [0.05, 0.1) is 6.20 Å². The van der Waals surface area contributed by atoms with Crippen molar-refractivity contribution in [2.24, 2.45) is 0 Å². The van der Waals surface area contributed by atoms with E-state index in [1.165, 1.54) is 6.07 Å². The molecular weight excluding hydrogens is 316 g/mol. The van der Waals surface area contributed by atoms with Gasteiger partial charge in [-0.3, -0.25) is 0 Å². The SMILES string of the molecule is Cc1cc(C)cc(-c2ccc(O)c(N3C=C(O)NS3(=O)=O)c2)c1. The molecule has 3 rings (SSSR count). The first kappa shape index (κ1) is 15.2. The quantitative estimate of drug-likeness (QED) is 0.789. The Balaban J connectivity index is 2.14. The number of aryl methyl sites for hydroxylation is 2. The molecule has 0 spiro atoms. The highest BCUT2D eigenvalue weighted by molar-refractivity contribution is 7.91. The van der Waals surface area contributed by atoms with Crippen LogP contribution in [-0.4, -0.2) is 18.6 Å². The lowest BCUT2D eigenvalue weighted by molar-refractivity contribution is 0.392. The minimum Gasteiger partial charge on any atom is -0.506 e. The first-order chi connectivity index (χ1) is 10.8. The Kier molecular flexibility index (Phi) is 3.45. The molecule has 0 amide bonds. The van der Waals surface area contributed by atoms with Crippen molar-refractivity contribution in [2.45, 2.75) is 13.8 Å². The number of anilines is 1. The fourth-order valence-corrected chi connectivity index (χ4v) is 3.67. The van der Waals surface area contributed by atoms with Gasteiger partial charge in [-0.25, -0.2) is 9.03 Å². The van der Waals surface area contributed by atoms with E-state index in [2.05, 4.69) is 0 Å². The van der Waals surface area contributed by atoms with Crippen molar-refractivity contribution in [1.82, 2.24) is 4.72 Å². The maximum Gasteiger partial charge on any atom is 0.330 e. The number of aromatic hydroxyl groups is 1. The van der Waals surface area contributed by atoms with Crippen LogP contribution in [-0.2, 0) is 10.2 Å². The summed E-state index contributed by atoms with van der Waals surface area (Å²) in [7, 11) is -3.95. The second-order valence-corrected chi connectivity index (χ2v) is 7.04. The Bertz CT molecular complexity index is 899. The van der Waals surface area contributed by atoms with Gasteiger partial charge in [-0.1, -0.05) is 35.4 Å². The average molecular weight is 332 g/mol. The van der Waals surface area contributed by atoms with Crippen LogP contribution in [0, 0.1) is 13.8 Å². The summed E-state index contributed by atoms with van der Waals surface area (Å²) in [5.41, 5.74) is 3.92. The van der Waals surface area contributed by atoms with Gasteiger partial charge in [0.2, 0.25) is 5.88 Å². The molecule has 2 aromatic rings. The molecular formula is C16H16N2O4S. The third kappa shape index (κ3) is 2.83. The molecule has 1 aliphatic rings. The highest BCUT2D eigenvalue weighted by Gasteiger charge is 2.30. The second kappa shape index (κ2) is 5.20. The molecule has 0 radical (unpaired) electrons. The van der Waals surface area contributed by atoms with E-state index in [9.17, 15) is 18.6 Å². The van der Waals surface area contributed by atoms with Gasteiger partial charge < -0.3 is 10.2 Å². The van der Waals surface area contributed by atoms with Gasteiger partial charge in [-0.2, -0.15) is 8.42 Å². The number of benzene rings is 2. The zero-order valence-corrected chi connectivity index (χ0v) is 13.4. The van der Waals surface area contributed by atoms with Crippen molar-refractivity contribution >= 4 is 15.9 Å². The van der Waals surface area contributed by atoms with E-state index in [4.69, 9.17) is 0 Å². The Morgan fingerprint density at radius 1 is 0.957 bits per heavy atom. The van der Waals surface area contributed by atoms with E-state index in [1.807, 2.05) is 36.8 Å². The molecule has 0 aliphatic carbocycles. The summed E-state index contributed by atoms with van der Waals surface area (Å²) in [4.78, 5) is 0. The summed E-state index contributed by atoms with van der Waals surface area (Å²) in [6.07, 6.45) is 1.01. The lowest BCUT2D eigenvalue weighted by Gasteiger charge is -2.17. The molecule has 0 aromatic heterocycles. The van der Waals surface area contributed by atoms with Gasteiger partial charge in [0.25, 0.3) is 0 Å². The average Bonchev–Trinajstić information content (AvgIpc) is 2.71. The summed E-state index contributed by atoms with van der Waals surface area (Å²) in [6.45, 7) is 3.96. The Morgan fingerprint density at radius 3 is 2.17 bits per heavy atom. The Labute approximate surface area is 134 Å². The molecule has 23 heavy (non-hydrogen) atoms. The summed E-state index contributed by atoms with van der Waals surface area (Å²) >= 11 is 0. The number of hydrogen-bond donors (Lipinski definition) is 3. The molecule has 0 saturated carbocycles. The zero-order chi connectivity index (χ0) is 16.8. The topological polar surface area (TPSA) is 89.9 Å². The summed E-state index contributed by atoms with van der Waals surface area (Å²) < 4.78 is 26.7. The number of nitrogens with one attached hydrogen (secondary N) is 1. The van der Waals surface area contributed by atoms with Gasteiger partial charge in [0.15, 0.2) is 0 Å². The van der Waals surface area contributed by atoms with E-state index in [0.717, 1.165) is 32.8 Å². The molecule has 0 saturated heterocycles. The Hall–Kier alpha value is -2.67. The van der Waals surface area contributed by atoms with Crippen molar-refractivity contribution in [3.63, 3.8) is 0 Å². The van der Waals surface area contributed by atoms with Crippen molar-refractivity contribution in [1.29, 1.82) is 0 Å². The van der Waals surface area contributed by atoms with Crippen LogP contribution in [0.4, 0.5) is 5.69 Å². The number of aliphatic hydroxyl groups excluding tert-OH is 1. The molecule has 0 unspecified atom stereocenters. The summed E-state index contributed by atoms with van der Waals surface area (Å²) in [5.74, 6) is -0.698. The number of aliphatic hydroxyl groups is 1. The van der Waals surface area contributed by atoms with Crippen LogP contribution < -0.4 is 9.03 Å². The van der Waals surface area contributed by atoms with Gasteiger partial charge in [-0.05, 0) is 37.1 Å². The van der Waals surface area contributed by atoms with E-state index in [0.29, 0.717) is 0 Å². The largest absolute Gasteiger partial charge is 0.506 e. The number of nitrogens with zero attached hydrogens (tertiary/aromatic N) is 1. The number of phenolic OH excluding ortho intramolecular Hbond substituents is 1. The monoisotopic (exact) mass is 332 g/mol. The van der Waals surface area contributed by atoms with Gasteiger partial charge in [-0.15, -0.1) is 0 Å². The standard InChI is InChI=1S/C16H16N2O4S/c1-10-5-11(2)7-13(6-10)12-3-4-15(19)14(8-12)18-9-16(20)17-23(18,21)22/h3-9,17,19-20H,1-2H3. The first-order valence-corrected chi connectivity index (χ1v) is 8.35. The minimum atomic E-state index is -3.95. The van der Waals surface area contributed by atoms with Gasteiger partial charge in [0.1, 0.15) is 11.4 Å². The van der Waals surface area contributed by atoms with Crippen LogP contribution in [0.25, 0.3) is 11.1 Å². The normalized spacial score (nSPS) is 16.1. The van der Waals surface area contributed by atoms with Crippen LogP contribution in [0.5, 0.6) is 5.75 Å². The molecule has 7 heteroatoms. The van der Waals surface area contributed by atoms with Crippen LogP contribution >= 0.6 is 0 Å². The first-order valence-electron chi connectivity index (χ1n) is 6.91. The van der Waals surface area contributed by atoms with E-state index in [1.54, 1.807) is 12.1 Å². The third-order valence-corrected chi connectivity index (χ3v) is 4.79. The van der Waals surface area contributed by atoms with E-state index < -0.39 is 16.1 Å². The number of hydrogen-bond acceptors (Lipinski definition) is 4. The maximum absolute atomic E-state index is 12.0. The predicted molar refractivity (Wildman–Crippen MR) is 88.3 cm³/mol. The maximum atomic E-state index is 12.0. The Morgan fingerprint density at radius 2 is 1.61 bits per heavy atom. The highest BCUT2D eigenvalue weighted by atomic mass is 32.2. The van der Waals surface area contributed by atoms with Crippen molar-refractivity contribution in [2.75, 3.05) is 4.31 Å². The number of rotatable bonds is 2. The molecule has 3 N–H and O–H groups in total. The zero-order valence-electron chi connectivity index (χ0n) is 12.6. The van der Waals surface area contributed by atoms with Crippen molar-refractivity contribution in [3.8, 4) is 16.9 Å². The van der Waals surface area contributed by atoms with Crippen LogP contribution in [0.2, 0.25) is 0 Å². The smallest absolute Gasteiger partial charge is 0.330 e. The lowest BCUT2D eigenvalue weighted by Crippen LogP contribution is -2.29. The van der Waals surface area contributed by atoms with Crippen molar-refractivity contribution < 1.29 is 18.6 Å². The molecule has 0 bridgehead atoms. The predicted octanol–water partition coefficient (Wildman–Crippen LogP) is 2.69. The number of phenols is 1. The molecule has 0 fully saturated rings. The van der Waals surface area contributed by atoms with Gasteiger partial charge >= 0.3 is 10.2 Å². The van der Waals surface area contributed by atoms with Crippen LogP contribution in [0.1, 0.15) is 11.1 Å². The molecule has 6 nitrogen and oxygen atoms in total. The van der Waals surface area contributed by atoms with Crippen LogP contribution in [0.15, 0.2) is 48.5 Å². The van der Waals surface area contributed by atoms with Crippen LogP contribution in [0.3, 0.4) is 0 Å². The fourth-order valence-electron chi connectivity index (χ4n) is 2.61. The summed E-state index contributed by atoms with van der Waals surface area (Å²) in [6, 6.07) is 10.7. The van der Waals surface area contributed by atoms with Gasteiger partial charge in [0, 0.05) is 0 Å². The molecule has 2 aromatic carbocycles. The second-order valence-electron chi connectivity index (χ2n) is 5.50. The van der Waals surface area contributed by atoms with E-state index >= 15 is 0 Å². The molecule has 0 atom stereocenters. The minimum absolute atomic E-state index is 0.0678. The van der Waals surface area contributed by atoms with Crippen molar-refractivity contribution in [3.05, 3.63) is 59.6 Å². The summed E-state index contributed by atoms with van der Waals surface area (Å²) in [5, 5.41) is 19.4. The highest BCUT2D eigenvalue weighted by Crippen LogP contribution is 2.36. The van der Waals surface area contributed by atoms with E-state index in [-0.39, 0.29) is 11.4 Å². The third-order valence-electron chi connectivity index (χ3n) is 3.50. The molecule has 1 heterocycles. The lowest BCUT2D eigenvalue weighted by atomic mass is 10.00. The molecule has 1 aliphatic heterocycles. The fraction of sp³-hybridized carbons (Fsp3) is 0.125.